The molecule has 0 radical (unpaired) electrons. The molecule has 1 N–H and O–H groups in total. The number of rotatable bonds is 8. The van der Waals surface area contributed by atoms with Crippen molar-refractivity contribution in [2.75, 3.05) is 13.7 Å². The number of halogens is 2. The molecule has 5 nitrogen and oxygen atoms in total. The first-order valence-electron chi connectivity index (χ1n) is 8.99. The highest BCUT2D eigenvalue weighted by atomic mass is 35.5. The fourth-order valence-electron chi connectivity index (χ4n) is 2.76. The third kappa shape index (κ3) is 5.88. The van der Waals surface area contributed by atoms with Crippen LogP contribution in [0.2, 0.25) is 10.0 Å². The van der Waals surface area contributed by atoms with Crippen molar-refractivity contribution in [1.82, 2.24) is 10.2 Å². The molecule has 0 aromatic heterocycles. The molecule has 0 heterocycles. The van der Waals surface area contributed by atoms with Crippen molar-refractivity contribution in [2.24, 2.45) is 0 Å². The van der Waals surface area contributed by atoms with E-state index < -0.39 is 6.04 Å². The maximum Gasteiger partial charge on any atom is 0.242 e. The number of hydrogen-bond acceptors (Lipinski definition) is 3. The maximum atomic E-state index is 13.0. The molecule has 1 atom stereocenters. The molecule has 150 valence electrons. The van der Waals surface area contributed by atoms with E-state index in [4.69, 9.17) is 27.9 Å². The largest absolute Gasteiger partial charge is 0.497 e. The zero-order chi connectivity index (χ0) is 20.7. The number of methoxy groups -OCH3 is 1. The lowest BCUT2D eigenvalue weighted by atomic mass is 10.1. The van der Waals surface area contributed by atoms with Crippen LogP contribution in [0.5, 0.6) is 5.75 Å². The van der Waals surface area contributed by atoms with Crippen LogP contribution >= 0.6 is 23.2 Å². The molecule has 0 aliphatic heterocycles. The molecule has 2 rings (SSSR count). The van der Waals surface area contributed by atoms with Crippen molar-refractivity contribution < 1.29 is 14.3 Å². The van der Waals surface area contributed by atoms with Gasteiger partial charge in [-0.15, -0.1) is 0 Å². The van der Waals surface area contributed by atoms with E-state index in [0.29, 0.717) is 16.6 Å². The third-order valence-electron chi connectivity index (χ3n) is 4.39. The van der Waals surface area contributed by atoms with Gasteiger partial charge in [-0.1, -0.05) is 41.4 Å². The van der Waals surface area contributed by atoms with Crippen LogP contribution in [0.4, 0.5) is 0 Å². The molecule has 2 aromatic carbocycles. The van der Waals surface area contributed by atoms with Gasteiger partial charge in [0.25, 0.3) is 0 Å². The van der Waals surface area contributed by atoms with Crippen molar-refractivity contribution in [2.45, 2.75) is 32.9 Å². The number of carbonyl (C=O) groups is 2. The van der Waals surface area contributed by atoms with Gasteiger partial charge in [0.05, 0.1) is 13.5 Å². The van der Waals surface area contributed by atoms with Crippen LogP contribution < -0.4 is 10.1 Å². The summed E-state index contributed by atoms with van der Waals surface area (Å²) in [5.41, 5.74) is 1.56. The second kappa shape index (κ2) is 10.3. The van der Waals surface area contributed by atoms with Crippen molar-refractivity contribution >= 4 is 35.0 Å². The summed E-state index contributed by atoms with van der Waals surface area (Å²) in [7, 11) is 1.59. The zero-order valence-corrected chi connectivity index (χ0v) is 17.7. The average Bonchev–Trinajstić information content (AvgIpc) is 2.67. The molecule has 0 aliphatic rings. The van der Waals surface area contributed by atoms with Gasteiger partial charge in [-0.2, -0.15) is 0 Å². The van der Waals surface area contributed by atoms with Gasteiger partial charge in [-0.05, 0) is 49.2 Å². The van der Waals surface area contributed by atoms with Crippen LogP contribution in [0.15, 0.2) is 42.5 Å². The van der Waals surface area contributed by atoms with Gasteiger partial charge in [0.1, 0.15) is 11.8 Å². The number of ether oxygens (including phenoxy) is 1. The third-order valence-corrected chi connectivity index (χ3v) is 4.98. The number of carbonyl (C=O) groups excluding carboxylic acids is 2. The van der Waals surface area contributed by atoms with E-state index >= 15 is 0 Å². The van der Waals surface area contributed by atoms with E-state index in [9.17, 15) is 9.59 Å². The lowest BCUT2D eigenvalue weighted by Gasteiger charge is -2.29. The molecule has 28 heavy (non-hydrogen) atoms. The van der Waals surface area contributed by atoms with Crippen molar-refractivity contribution in [1.29, 1.82) is 0 Å². The van der Waals surface area contributed by atoms with Crippen molar-refractivity contribution in [3.63, 3.8) is 0 Å². The predicted octanol–water partition coefficient (Wildman–Crippen LogP) is 4.10. The Bertz CT molecular complexity index is 825. The zero-order valence-electron chi connectivity index (χ0n) is 16.2. The highest BCUT2D eigenvalue weighted by molar-refractivity contribution is 6.35. The highest BCUT2D eigenvalue weighted by Crippen LogP contribution is 2.23. The van der Waals surface area contributed by atoms with E-state index in [1.54, 1.807) is 44.4 Å². The quantitative estimate of drug-likeness (QED) is 0.696. The maximum absolute atomic E-state index is 13.0. The van der Waals surface area contributed by atoms with Crippen LogP contribution in [0.25, 0.3) is 0 Å². The summed E-state index contributed by atoms with van der Waals surface area (Å²) < 4.78 is 5.15. The SMILES string of the molecule is CCNC(=O)[C@@H](C)N(Cc1ccc(Cl)cc1Cl)C(=O)Cc1ccc(OC)cc1. The fourth-order valence-corrected chi connectivity index (χ4v) is 3.23. The molecule has 0 bridgehead atoms. The van der Waals surface area contributed by atoms with Crippen molar-refractivity contribution in [3.8, 4) is 5.75 Å². The molecule has 7 heteroatoms. The highest BCUT2D eigenvalue weighted by Gasteiger charge is 2.26. The first-order valence-corrected chi connectivity index (χ1v) is 9.75. The number of likely N-dealkylation sites (N-methyl/N-ethyl adjacent to an activating group) is 1. The standard InChI is InChI=1S/C21H24Cl2N2O3/c1-4-24-21(27)14(2)25(13-16-7-8-17(22)12-19(16)23)20(26)11-15-5-9-18(28-3)10-6-15/h5-10,12,14H,4,11,13H2,1-3H3,(H,24,27)/t14-/m1/s1. The molecule has 0 saturated heterocycles. The minimum Gasteiger partial charge on any atom is -0.497 e. The Balaban J connectivity index is 2.24. The lowest BCUT2D eigenvalue weighted by Crippen LogP contribution is -2.48. The number of nitrogens with one attached hydrogen (secondary N) is 1. The minimum absolute atomic E-state index is 0.166. The van der Waals surface area contributed by atoms with Crippen LogP contribution in [-0.4, -0.2) is 36.4 Å². The Hall–Kier alpha value is -2.24. The summed E-state index contributed by atoms with van der Waals surface area (Å²) in [5, 5.41) is 3.74. The summed E-state index contributed by atoms with van der Waals surface area (Å²) in [6, 6.07) is 11.7. The van der Waals surface area contributed by atoms with Gasteiger partial charge in [0, 0.05) is 23.1 Å². The van der Waals surface area contributed by atoms with Crippen LogP contribution in [0.3, 0.4) is 0 Å². The van der Waals surface area contributed by atoms with Crippen LogP contribution in [0, 0.1) is 0 Å². The second-order valence-corrected chi connectivity index (χ2v) is 7.20. The molecule has 0 fully saturated rings. The summed E-state index contributed by atoms with van der Waals surface area (Å²) in [4.78, 5) is 27.0. The minimum atomic E-state index is -0.641. The van der Waals surface area contributed by atoms with E-state index in [0.717, 1.165) is 16.9 Å². The molecule has 0 spiro atoms. The monoisotopic (exact) mass is 422 g/mol. The summed E-state index contributed by atoms with van der Waals surface area (Å²) in [5.74, 6) is 0.335. The van der Waals surface area contributed by atoms with E-state index in [2.05, 4.69) is 5.32 Å². The summed E-state index contributed by atoms with van der Waals surface area (Å²) in [6.07, 6.45) is 0.166. The van der Waals surface area contributed by atoms with Gasteiger partial charge in [0.15, 0.2) is 0 Å². The summed E-state index contributed by atoms with van der Waals surface area (Å²) >= 11 is 12.2. The molecule has 0 aliphatic carbocycles. The Kier molecular flexibility index (Phi) is 8.15. The van der Waals surface area contributed by atoms with Gasteiger partial charge in [-0.3, -0.25) is 9.59 Å². The van der Waals surface area contributed by atoms with E-state index in [1.165, 1.54) is 4.90 Å². The van der Waals surface area contributed by atoms with Gasteiger partial charge < -0.3 is 15.0 Å². The van der Waals surface area contributed by atoms with Crippen LogP contribution in [0.1, 0.15) is 25.0 Å². The Morgan fingerprint density at radius 1 is 1.14 bits per heavy atom. The van der Waals surface area contributed by atoms with Crippen LogP contribution in [-0.2, 0) is 22.6 Å². The second-order valence-electron chi connectivity index (χ2n) is 6.35. The molecular weight excluding hydrogens is 399 g/mol. The molecule has 2 aromatic rings. The van der Waals surface area contributed by atoms with Crippen molar-refractivity contribution in [3.05, 3.63) is 63.6 Å². The molecule has 0 unspecified atom stereocenters. The van der Waals surface area contributed by atoms with E-state index in [1.807, 2.05) is 19.1 Å². The average molecular weight is 423 g/mol. The first-order chi connectivity index (χ1) is 13.3. The van der Waals surface area contributed by atoms with Gasteiger partial charge in [0.2, 0.25) is 11.8 Å². The van der Waals surface area contributed by atoms with Gasteiger partial charge >= 0.3 is 0 Å². The predicted molar refractivity (Wildman–Crippen MR) is 112 cm³/mol. The molecule has 0 saturated carbocycles. The smallest absolute Gasteiger partial charge is 0.242 e. The Morgan fingerprint density at radius 3 is 2.39 bits per heavy atom. The topological polar surface area (TPSA) is 58.6 Å². The fraction of sp³-hybridized carbons (Fsp3) is 0.333. The molecular formula is C21H24Cl2N2O3. The number of hydrogen-bond donors (Lipinski definition) is 1. The lowest BCUT2D eigenvalue weighted by molar-refractivity contribution is -0.140. The first kappa shape index (κ1) is 22.1. The number of benzene rings is 2. The summed E-state index contributed by atoms with van der Waals surface area (Å²) in [6.45, 7) is 4.25. The van der Waals surface area contributed by atoms with Gasteiger partial charge in [-0.25, -0.2) is 0 Å². The Morgan fingerprint density at radius 2 is 1.82 bits per heavy atom. The van der Waals surface area contributed by atoms with E-state index in [-0.39, 0.29) is 24.8 Å². The molecule has 2 amide bonds. The number of nitrogens with zero attached hydrogens (tertiary/aromatic N) is 1. The normalized spacial score (nSPS) is 11.6. The number of amides is 2. The Labute approximate surface area is 175 Å².